The fourth-order valence-electron chi connectivity index (χ4n) is 2.03. The lowest BCUT2D eigenvalue weighted by Gasteiger charge is -2.25. The van der Waals surface area contributed by atoms with Crippen molar-refractivity contribution in [2.24, 2.45) is 0 Å². The number of hydrogen-bond acceptors (Lipinski definition) is 3. The van der Waals surface area contributed by atoms with E-state index in [2.05, 4.69) is 58.2 Å². The van der Waals surface area contributed by atoms with Crippen LogP contribution in [0.15, 0.2) is 22.7 Å². The topological polar surface area (TPSA) is 39.1 Å². The molecule has 4 heteroatoms. The van der Waals surface area contributed by atoms with Gasteiger partial charge >= 0.3 is 0 Å². The van der Waals surface area contributed by atoms with Crippen LogP contribution in [0.2, 0.25) is 0 Å². The first-order valence-electron chi connectivity index (χ1n) is 6.71. The Kier molecular flexibility index (Phi) is 6.90. The minimum atomic E-state index is 0.303. The van der Waals surface area contributed by atoms with E-state index in [0.29, 0.717) is 12.5 Å². The van der Waals surface area contributed by atoms with Crippen LogP contribution >= 0.6 is 15.9 Å². The number of benzene rings is 1. The Balaban J connectivity index is 2.93. The van der Waals surface area contributed by atoms with E-state index in [0.717, 1.165) is 24.0 Å². The molecule has 1 rings (SSSR count). The van der Waals surface area contributed by atoms with Crippen LogP contribution in [0.3, 0.4) is 0 Å². The van der Waals surface area contributed by atoms with Crippen molar-refractivity contribution in [2.45, 2.75) is 32.7 Å². The van der Waals surface area contributed by atoms with Crippen LogP contribution in [0.25, 0.3) is 0 Å². The lowest BCUT2D eigenvalue weighted by Crippen LogP contribution is -2.24. The third kappa shape index (κ3) is 4.85. The maximum Gasteiger partial charge on any atom is 0.0640 e. The molecule has 1 unspecified atom stereocenters. The molecule has 104 valence electrons. The third-order valence-electron chi connectivity index (χ3n) is 3.13. The Hall–Kier alpha value is -1.05. The van der Waals surface area contributed by atoms with Gasteiger partial charge in [-0.3, -0.25) is 0 Å². The summed E-state index contributed by atoms with van der Waals surface area (Å²) in [4.78, 5) is 2.15. The zero-order valence-corrected chi connectivity index (χ0v) is 13.5. The number of rotatable bonds is 7. The molecule has 0 amide bonds. The second kappa shape index (κ2) is 8.19. The van der Waals surface area contributed by atoms with Crippen molar-refractivity contribution in [3.8, 4) is 6.07 Å². The molecule has 0 aliphatic heterocycles. The molecule has 1 aromatic carbocycles. The van der Waals surface area contributed by atoms with E-state index >= 15 is 0 Å². The molecule has 0 heterocycles. The van der Waals surface area contributed by atoms with Gasteiger partial charge in [0.25, 0.3) is 0 Å². The fourth-order valence-corrected chi connectivity index (χ4v) is 2.41. The molecule has 19 heavy (non-hydrogen) atoms. The average Bonchev–Trinajstić information content (AvgIpc) is 2.41. The predicted molar refractivity (Wildman–Crippen MR) is 84.4 cm³/mol. The summed E-state index contributed by atoms with van der Waals surface area (Å²) in [6.45, 7) is 6.11. The number of nitrogens with one attached hydrogen (secondary N) is 1. The summed E-state index contributed by atoms with van der Waals surface area (Å²) in [7, 11) is 2.04. The van der Waals surface area contributed by atoms with Crippen LogP contribution in [-0.2, 0) is 0 Å². The number of hydrogen-bond donors (Lipinski definition) is 1. The molecule has 0 spiro atoms. The van der Waals surface area contributed by atoms with Gasteiger partial charge in [-0.15, -0.1) is 0 Å². The molecule has 0 saturated carbocycles. The molecule has 1 N–H and O–H groups in total. The fraction of sp³-hybridized carbons (Fsp3) is 0.533. The van der Waals surface area contributed by atoms with Crippen LogP contribution in [-0.4, -0.2) is 20.1 Å². The summed E-state index contributed by atoms with van der Waals surface area (Å²) in [5.41, 5.74) is 2.46. The number of halogens is 1. The van der Waals surface area contributed by atoms with Gasteiger partial charge in [0.1, 0.15) is 0 Å². The van der Waals surface area contributed by atoms with Crippen molar-refractivity contribution in [1.29, 1.82) is 5.26 Å². The van der Waals surface area contributed by atoms with Gasteiger partial charge in [-0.25, -0.2) is 0 Å². The van der Waals surface area contributed by atoms with Crippen LogP contribution in [0.4, 0.5) is 5.69 Å². The van der Waals surface area contributed by atoms with E-state index < -0.39 is 0 Å². The van der Waals surface area contributed by atoms with Crippen LogP contribution in [0.1, 0.15) is 38.3 Å². The second-order valence-electron chi connectivity index (χ2n) is 4.71. The first kappa shape index (κ1) is 16.0. The maximum absolute atomic E-state index is 8.70. The summed E-state index contributed by atoms with van der Waals surface area (Å²) < 4.78 is 1.09. The molecule has 0 fully saturated rings. The lowest BCUT2D eigenvalue weighted by molar-refractivity contribution is 0.569. The summed E-state index contributed by atoms with van der Waals surface area (Å²) in [6, 6.07) is 8.82. The minimum absolute atomic E-state index is 0.303. The molecular formula is C15H22BrN3. The van der Waals surface area contributed by atoms with Gasteiger partial charge in [0, 0.05) is 29.8 Å². The molecule has 1 aromatic rings. The number of nitriles is 1. The standard InChI is InChI=1S/C15H22BrN3/c1-4-9-18-12(2)14-11-13(16)6-7-15(14)19(3)10-5-8-17/h6-7,11-12,18H,4-5,9-10H2,1-3H3. The summed E-state index contributed by atoms with van der Waals surface area (Å²) in [5, 5.41) is 12.2. The molecule has 0 aromatic heterocycles. The Morgan fingerprint density at radius 3 is 2.84 bits per heavy atom. The summed E-state index contributed by atoms with van der Waals surface area (Å²) in [6.07, 6.45) is 1.67. The van der Waals surface area contributed by atoms with Gasteiger partial charge in [0.2, 0.25) is 0 Å². The van der Waals surface area contributed by atoms with Gasteiger partial charge in [0.15, 0.2) is 0 Å². The molecule has 0 aliphatic rings. The highest BCUT2D eigenvalue weighted by Crippen LogP contribution is 2.29. The van der Waals surface area contributed by atoms with Crippen molar-refractivity contribution in [3.05, 3.63) is 28.2 Å². The molecule has 0 radical (unpaired) electrons. The summed E-state index contributed by atoms with van der Waals surface area (Å²) in [5.74, 6) is 0. The lowest BCUT2D eigenvalue weighted by atomic mass is 10.0. The first-order chi connectivity index (χ1) is 9.10. The van der Waals surface area contributed by atoms with E-state index in [4.69, 9.17) is 5.26 Å². The Morgan fingerprint density at radius 2 is 2.21 bits per heavy atom. The number of nitrogens with zero attached hydrogens (tertiary/aromatic N) is 2. The van der Waals surface area contributed by atoms with E-state index in [9.17, 15) is 0 Å². The van der Waals surface area contributed by atoms with Gasteiger partial charge in [-0.1, -0.05) is 22.9 Å². The monoisotopic (exact) mass is 323 g/mol. The molecule has 0 aliphatic carbocycles. The Bertz CT molecular complexity index is 440. The van der Waals surface area contributed by atoms with E-state index in [-0.39, 0.29) is 0 Å². The molecular weight excluding hydrogens is 302 g/mol. The van der Waals surface area contributed by atoms with E-state index in [1.807, 2.05) is 13.1 Å². The Morgan fingerprint density at radius 1 is 1.47 bits per heavy atom. The third-order valence-corrected chi connectivity index (χ3v) is 3.62. The predicted octanol–water partition coefficient (Wildman–Crippen LogP) is 3.86. The van der Waals surface area contributed by atoms with Crippen LogP contribution < -0.4 is 10.2 Å². The smallest absolute Gasteiger partial charge is 0.0640 e. The maximum atomic E-state index is 8.70. The first-order valence-corrected chi connectivity index (χ1v) is 7.50. The van der Waals surface area contributed by atoms with Crippen molar-refractivity contribution < 1.29 is 0 Å². The van der Waals surface area contributed by atoms with Gasteiger partial charge in [-0.2, -0.15) is 5.26 Å². The zero-order chi connectivity index (χ0) is 14.3. The Labute approximate surface area is 124 Å². The van der Waals surface area contributed by atoms with Crippen molar-refractivity contribution in [3.63, 3.8) is 0 Å². The quantitative estimate of drug-likeness (QED) is 0.828. The SMILES string of the molecule is CCCNC(C)c1cc(Br)ccc1N(C)CCC#N. The largest absolute Gasteiger partial charge is 0.373 e. The highest BCUT2D eigenvalue weighted by atomic mass is 79.9. The second-order valence-corrected chi connectivity index (χ2v) is 5.62. The van der Waals surface area contributed by atoms with Crippen LogP contribution in [0, 0.1) is 11.3 Å². The highest BCUT2D eigenvalue weighted by molar-refractivity contribution is 9.10. The molecule has 0 saturated heterocycles. The van der Waals surface area contributed by atoms with E-state index in [1.54, 1.807) is 0 Å². The number of anilines is 1. The molecule has 1 atom stereocenters. The normalized spacial score (nSPS) is 11.9. The highest BCUT2D eigenvalue weighted by Gasteiger charge is 2.13. The van der Waals surface area contributed by atoms with E-state index in [1.165, 1.54) is 11.3 Å². The van der Waals surface area contributed by atoms with Gasteiger partial charge in [-0.05, 0) is 43.7 Å². The zero-order valence-electron chi connectivity index (χ0n) is 11.9. The van der Waals surface area contributed by atoms with Crippen molar-refractivity contribution in [2.75, 3.05) is 25.0 Å². The average molecular weight is 324 g/mol. The summed E-state index contributed by atoms with van der Waals surface area (Å²) >= 11 is 3.54. The van der Waals surface area contributed by atoms with Crippen molar-refractivity contribution >= 4 is 21.6 Å². The minimum Gasteiger partial charge on any atom is -0.373 e. The molecule has 3 nitrogen and oxygen atoms in total. The molecule has 0 bridgehead atoms. The van der Waals surface area contributed by atoms with Crippen molar-refractivity contribution in [1.82, 2.24) is 5.32 Å². The van der Waals surface area contributed by atoms with Gasteiger partial charge < -0.3 is 10.2 Å². The van der Waals surface area contributed by atoms with Crippen LogP contribution in [0.5, 0.6) is 0 Å². The van der Waals surface area contributed by atoms with Gasteiger partial charge in [0.05, 0.1) is 12.5 Å².